The van der Waals surface area contributed by atoms with E-state index in [1.165, 1.54) is 0 Å². The molecule has 0 spiro atoms. The number of aliphatic carboxylic acids is 1. The van der Waals surface area contributed by atoms with Crippen molar-refractivity contribution in [2.24, 2.45) is 0 Å². The number of rotatable bonds is 5. The van der Waals surface area contributed by atoms with Crippen LogP contribution < -0.4 is 5.32 Å². The zero-order valence-electron chi connectivity index (χ0n) is 8.53. The molecular weight excluding hydrogens is 180 g/mol. The molecular formula is C10H16N2O2. The molecule has 0 bridgehead atoms. The number of carboxylic acid groups (broad SMARTS) is 1. The Morgan fingerprint density at radius 1 is 1.71 bits per heavy atom. The van der Waals surface area contributed by atoms with Crippen LogP contribution in [0.15, 0.2) is 18.3 Å². The van der Waals surface area contributed by atoms with Crippen molar-refractivity contribution in [3.63, 3.8) is 0 Å². The van der Waals surface area contributed by atoms with E-state index in [0.29, 0.717) is 6.54 Å². The fourth-order valence-corrected chi connectivity index (χ4v) is 1.26. The normalized spacial score (nSPS) is 12.7. The van der Waals surface area contributed by atoms with Crippen molar-refractivity contribution in [1.29, 1.82) is 0 Å². The Bertz CT molecular complexity index is 307. The van der Waals surface area contributed by atoms with Gasteiger partial charge in [0.25, 0.3) is 0 Å². The summed E-state index contributed by atoms with van der Waals surface area (Å²) in [5.41, 5.74) is 1.11. The molecule has 1 unspecified atom stereocenters. The van der Waals surface area contributed by atoms with E-state index < -0.39 is 12.0 Å². The molecule has 78 valence electrons. The summed E-state index contributed by atoms with van der Waals surface area (Å²) in [6, 6.07) is 3.45. The minimum atomic E-state index is -0.820. The Labute approximate surface area is 83.5 Å². The van der Waals surface area contributed by atoms with Crippen LogP contribution in [0.25, 0.3) is 0 Å². The molecule has 4 nitrogen and oxygen atoms in total. The van der Waals surface area contributed by atoms with E-state index in [4.69, 9.17) is 5.11 Å². The van der Waals surface area contributed by atoms with E-state index in [0.717, 1.165) is 12.2 Å². The molecule has 1 rings (SSSR count). The van der Waals surface area contributed by atoms with Crippen LogP contribution in [-0.2, 0) is 17.9 Å². The first-order valence-electron chi connectivity index (χ1n) is 4.75. The summed E-state index contributed by atoms with van der Waals surface area (Å²) in [6.45, 7) is 5.20. The molecule has 2 N–H and O–H groups in total. The van der Waals surface area contributed by atoms with Crippen molar-refractivity contribution in [2.45, 2.75) is 33.0 Å². The SMILES string of the molecule is CCn1cccc1CNC(C)C(=O)O. The third kappa shape index (κ3) is 2.60. The summed E-state index contributed by atoms with van der Waals surface area (Å²) in [5.74, 6) is -0.820. The maximum atomic E-state index is 10.5. The van der Waals surface area contributed by atoms with Crippen molar-refractivity contribution < 1.29 is 9.90 Å². The highest BCUT2D eigenvalue weighted by Crippen LogP contribution is 2.01. The molecule has 1 atom stereocenters. The molecule has 1 aromatic rings. The highest BCUT2D eigenvalue weighted by Gasteiger charge is 2.09. The van der Waals surface area contributed by atoms with Gasteiger partial charge >= 0.3 is 5.97 Å². The van der Waals surface area contributed by atoms with Crippen LogP contribution >= 0.6 is 0 Å². The van der Waals surface area contributed by atoms with Crippen molar-refractivity contribution in [3.8, 4) is 0 Å². The Morgan fingerprint density at radius 3 is 3.00 bits per heavy atom. The van der Waals surface area contributed by atoms with Crippen LogP contribution in [0.2, 0.25) is 0 Å². The first kappa shape index (κ1) is 10.8. The van der Waals surface area contributed by atoms with Crippen molar-refractivity contribution in [1.82, 2.24) is 9.88 Å². The molecule has 4 heteroatoms. The number of aromatic nitrogens is 1. The van der Waals surface area contributed by atoms with Gasteiger partial charge in [-0.05, 0) is 26.0 Å². The van der Waals surface area contributed by atoms with Gasteiger partial charge in [0.1, 0.15) is 6.04 Å². The molecule has 0 aliphatic rings. The van der Waals surface area contributed by atoms with Gasteiger partial charge in [-0.25, -0.2) is 0 Å². The number of hydrogen-bond acceptors (Lipinski definition) is 2. The molecule has 0 aliphatic carbocycles. The second-order valence-corrected chi connectivity index (χ2v) is 3.23. The molecule has 0 aromatic carbocycles. The largest absolute Gasteiger partial charge is 0.480 e. The molecule has 0 radical (unpaired) electrons. The van der Waals surface area contributed by atoms with Gasteiger partial charge in [0.15, 0.2) is 0 Å². The van der Waals surface area contributed by atoms with Crippen molar-refractivity contribution in [2.75, 3.05) is 0 Å². The third-order valence-electron chi connectivity index (χ3n) is 2.22. The summed E-state index contributed by atoms with van der Waals surface area (Å²) < 4.78 is 2.08. The van der Waals surface area contributed by atoms with E-state index in [9.17, 15) is 4.79 Å². The van der Waals surface area contributed by atoms with Crippen molar-refractivity contribution in [3.05, 3.63) is 24.0 Å². The molecule has 1 aromatic heterocycles. The topological polar surface area (TPSA) is 54.3 Å². The quantitative estimate of drug-likeness (QED) is 0.740. The second-order valence-electron chi connectivity index (χ2n) is 3.23. The van der Waals surface area contributed by atoms with Gasteiger partial charge in [0.05, 0.1) is 0 Å². The van der Waals surface area contributed by atoms with Crippen LogP contribution in [0.4, 0.5) is 0 Å². The minimum absolute atomic E-state index is 0.504. The lowest BCUT2D eigenvalue weighted by molar-refractivity contribution is -0.139. The zero-order valence-corrected chi connectivity index (χ0v) is 8.53. The Hall–Kier alpha value is -1.29. The Balaban J connectivity index is 2.49. The number of nitrogens with one attached hydrogen (secondary N) is 1. The fraction of sp³-hybridized carbons (Fsp3) is 0.500. The number of carbonyl (C=O) groups is 1. The van der Waals surface area contributed by atoms with Crippen molar-refractivity contribution >= 4 is 5.97 Å². The van der Waals surface area contributed by atoms with Crippen LogP contribution in [0.1, 0.15) is 19.5 Å². The van der Waals surface area contributed by atoms with E-state index in [1.54, 1.807) is 6.92 Å². The minimum Gasteiger partial charge on any atom is -0.480 e. The molecule has 0 saturated carbocycles. The average Bonchev–Trinajstić information content (AvgIpc) is 2.60. The first-order chi connectivity index (χ1) is 6.65. The van der Waals surface area contributed by atoms with Crippen LogP contribution in [0.3, 0.4) is 0 Å². The van der Waals surface area contributed by atoms with Gasteiger partial charge in [-0.15, -0.1) is 0 Å². The summed E-state index contributed by atoms with van der Waals surface area (Å²) in [4.78, 5) is 10.5. The highest BCUT2D eigenvalue weighted by molar-refractivity contribution is 5.72. The summed E-state index contributed by atoms with van der Waals surface area (Å²) in [7, 11) is 0. The maximum absolute atomic E-state index is 10.5. The Morgan fingerprint density at radius 2 is 2.43 bits per heavy atom. The van der Waals surface area contributed by atoms with Gasteiger partial charge in [-0.1, -0.05) is 0 Å². The number of hydrogen-bond donors (Lipinski definition) is 2. The van der Waals surface area contributed by atoms with Crippen LogP contribution in [-0.4, -0.2) is 21.7 Å². The second kappa shape index (κ2) is 4.81. The standard InChI is InChI=1S/C10H16N2O2/c1-3-12-6-4-5-9(12)7-11-8(2)10(13)14/h4-6,8,11H,3,7H2,1-2H3,(H,13,14). The van der Waals surface area contributed by atoms with Gasteiger partial charge in [0.2, 0.25) is 0 Å². The van der Waals surface area contributed by atoms with Crippen LogP contribution in [0, 0.1) is 0 Å². The summed E-state index contributed by atoms with van der Waals surface area (Å²) in [6.07, 6.45) is 1.99. The van der Waals surface area contributed by atoms with E-state index in [-0.39, 0.29) is 0 Å². The van der Waals surface area contributed by atoms with E-state index in [1.807, 2.05) is 18.3 Å². The first-order valence-corrected chi connectivity index (χ1v) is 4.75. The number of aryl methyl sites for hydroxylation is 1. The third-order valence-corrected chi connectivity index (χ3v) is 2.22. The Kier molecular flexibility index (Phi) is 3.71. The predicted octanol–water partition coefficient (Wildman–Crippen LogP) is 1.07. The highest BCUT2D eigenvalue weighted by atomic mass is 16.4. The predicted molar refractivity (Wildman–Crippen MR) is 54.0 cm³/mol. The van der Waals surface area contributed by atoms with E-state index >= 15 is 0 Å². The van der Waals surface area contributed by atoms with Gasteiger partial charge in [-0.3, -0.25) is 10.1 Å². The lowest BCUT2D eigenvalue weighted by atomic mass is 10.3. The lowest BCUT2D eigenvalue weighted by Gasteiger charge is -2.10. The molecule has 14 heavy (non-hydrogen) atoms. The molecule has 0 fully saturated rings. The smallest absolute Gasteiger partial charge is 0.320 e. The fourth-order valence-electron chi connectivity index (χ4n) is 1.26. The number of nitrogens with zero attached hydrogens (tertiary/aromatic N) is 1. The lowest BCUT2D eigenvalue weighted by Crippen LogP contribution is -2.33. The monoisotopic (exact) mass is 196 g/mol. The number of carboxylic acids is 1. The van der Waals surface area contributed by atoms with Gasteiger partial charge in [-0.2, -0.15) is 0 Å². The van der Waals surface area contributed by atoms with Crippen LogP contribution in [0.5, 0.6) is 0 Å². The average molecular weight is 196 g/mol. The maximum Gasteiger partial charge on any atom is 0.320 e. The molecule has 0 aliphatic heterocycles. The van der Waals surface area contributed by atoms with E-state index in [2.05, 4.69) is 16.8 Å². The van der Waals surface area contributed by atoms with Gasteiger partial charge in [0, 0.05) is 25.0 Å². The molecule has 0 amide bonds. The summed E-state index contributed by atoms with van der Waals surface area (Å²) in [5, 5.41) is 11.6. The summed E-state index contributed by atoms with van der Waals surface area (Å²) >= 11 is 0. The molecule has 0 saturated heterocycles. The zero-order chi connectivity index (χ0) is 10.6. The van der Waals surface area contributed by atoms with Gasteiger partial charge < -0.3 is 9.67 Å². The molecule has 1 heterocycles.